The number of fused-ring (bicyclic) bond motifs is 1. The minimum absolute atomic E-state index is 0.0862. The van der Waals surface area contributed by atoms with Crippen LogP contribution in [0.4, 0.5) is 20.8 Å². The van der Waals surface area contributed by atoms with Crippen molar-refractivity contribution >= 4 is 23.4 Å². The van der Waals surface area contributed by atoms with E-state index in [1.54, 1.807) is 17.0 Å². The van der Waals surface area contributed by atoms with E-state index in [4.69, 9.17) is 14.8 Å². The average molecular weight is 599 g/mol. The zero-order valence-electron chi connectivity index (χ0n) is 25.6. The largest absolute Gasteiger partial charge is 0.444 e. The van der Waals surface area contributed by atoms with Crippen molar-refractivity contribution < 1.29 is 13.9 Å². The topological polar surface area (TPSA) is 82.3 Å². The van der Waals surface area contributed by atoms with E-state index in [-0.39, 0.29) is 18.0 Å². The Labute approximate surface area is 257 Å². The summed E-state index contributed by atoms with van der Waals surface area (Å²) < 4.78 is 21.4. The van der Waals surface area contributed by atoms with Crippen molar-refractivity contribution in [1.82, 2.24) is 29.4 Å². The van der Waals surface area contributed by atoms with E-state index in [1.807, 2.05) is 61.8 Å². The van der Waals surface area contributed by atoms with Gasteiger partial charge in [-0.25, -0.2) is 23.7 Å². The summed E-state index contributed by atoms with van der Waals surface area (Å²) in [6.45, 7) is 11.6. The molecule has 1 unspecified atom stereocenters. The van der Waals surface area contributed by atoms with Gasteiger partial charge in [0.15, 0.2) is 5.65 Å². The summed E-state index contributed by atoms with van der Waals surface area (Å²) in [5.41, 5.74) is 2.91. The minimum Gasteiger partial charge on any atom is -0.444 e. The second kappa shape index (κ2) is 11.4. The molecular weight excluding hydrogens is 559 g/mol. The lowest BCUT2D eigenvalue weighted by Gasteiger charge is -2.48. The van der Waals surface area contributed by atoms with Crippen molar-refractivity contribution in [3.05, 3.63) is 72.2 Å². The molecule has 3 fully saturated rings. The number of carbonyl (C=O) groups is 1. The molecule has 3 aliphatic heterocycles. The first-order valence-corrected chi connectivity index (χ1v) is 15.5. The fourth-order valence-electron chi connectivity index (χ4n) is 6.51. The minimum atomic E-state index is -0.474. The molecule has 0 aliphatic carbocycles. The number of imidazole rings is 1. The summed E-state index contributed by atoms with van der Waals surface area (Å²) in [5.74, 6) is 1.56. The molecule has 7 rings (SSSR count). The van der Waals surface area contributed by atoms with Crippen LogP contribution < -0.4 is 9.80 Å². The van der Waals surface area contributed by atoms with Gasteiger partial charge in [-0.2, -0.15) is 0 Å². The van der Waals surface area contributed by atoms with Crippen LogP contribution in [0.1, 0.15) is 45.2 Å². The normalized spacial score (nSPS) is 19.9. The molecule has 230 valence electrons. The van der Waals surface area contributed by atoms with E-state index >= 15 is 0 Å². The van der Waals surface area contributed by atoms with Gasteiger partial charge in [0.25, 0.3) is 0 Å². The van der Waals surface area contributed by atoms with Gasteiger partial charge in [-0.15, -0.1) is 5.10 Å². The highest BCUT2D eigenvalue weighted by molar-refractivity contribution is 5.69. The van der Waals surface area contributed by atoms with E-state index in [1.165, 1.54) is 6.07 Å². The highest BCUT2D eigenvalue weighted by atomic mass is 19.1. The molecule has 44 heavy (non-hydrogen) atoms. The van der Waals surface area contributed by atoms with Crippen molar-refractivity contribution in [2.24, 2.45) is 0 Å². The van der Waals surface area contributed by atoms with E-state index < -0.39 is 5.60 Å². The number of piperazine rings is 1. The molecule has 1 aromatic carbocycles. The maximum atomic E-state index is 14.0. The molecule has 6 heterocycles. The van der Waals surface area contributed by atoms with E-state index in [2.05, 4.69) is 25.8 Å². The summed E-state index contributed by atoms with van der Waals surface area (Å²) in [4.78, 5) is 30.8. The van der Waals surface area contributed by atoms with Gasteiger partial charge in [0.1, 0.15) is 28.7 Å². The van der Waals surface area contributed by atoms with Gasteiger partial charge in [0.05, 0.1) is 17.9 Å². The predicted octanol–water partition coefficient (Wildman–Crippen LogP) is 5.01. The molecule has 0 spiro atoms. The van der Waals surface area contributed by atoms with Gasteiger partial charge in [0.2, 0.25) is 0 Å². The molecule has 4 aromatic rings. The number of anilines is 2. The molecule has 1 atom stereocenters. The molecule has 3 aromatic heterocycles. The number of hydrogen-bond acceptors (Lipinski definition) is 8. The number of likely N-dealkylation sites (tertiary alicyclic amines) is 1. The number of pyridine rings is 1. The SMILES string of the molecule is CC(C)(C)OC(=O)N1CC(N2CCN(c3cccc(-c4cnc5ccc(N6CCCC6c6cccc(F)c6)nn45)n3)CC2)C1. The van der Waals surface area contributed by atoms with E-state index in [9.17, 15) is 9.18 Å². The summed E-state index contributed by atoms with van der Waals surface area (Å²) >= 11 is 0. The number of amides is 1. The number of benzene rings is 1. The number of hydrogen-bond donors (Lipinski definition) is 0. The summed E-state index contributed by atoms with van der Waals surface area (Å²) in [7, 11) is 0. The third-order valence-electron chi connectivity index (χ3n) is 8.79. The zero-order chi connectivity index (χ0) is 30.4. The smallest absolute Gasteiger partial charge is 0.410 e. The van der Waals surface area contributed by atoms with Crippen molar-refractivity contribution in [1.29, 1.82) is 0 Å². The van der Waals surface area contributed by atoms with Gasteiger partial charge in [-0.05, 0) is 75.6 Å². The number of halogens is 1. The van der Waals surface area contributed by atoms with Crippen molar-refractivity contribution in [2.45, 2.75) is 51.3 Å². The molecule has 11 heteroatoms. The van der Waals surface area contributed by atoms with Crippen LogP contribution in [0.3, 0.4) is 0 Å². The maximum absolute atomic E-state index is 14.0. The lowest BCUT2D eigenvalue weighted by molar-refractivity contribution is -0.0162. The van der Waals surface area contributed by atoms with Crippen molar-refractivity contribution in [3.8, 4) is 11.4 Å². The molecule has 3 aliphatic rings. The van der Waals surface area contributed by atoms with E-state index in [0.717, 1.165) is 79.8 Å². The molecule has 1 amide bonds. The van der Waals surface area contributed by atoms with Crippen LogP contribution >= 0.6 is 0 Å². The van der Waals surface area contributed by atoms with Crippen LogP contribution in [0.5, 0.6) is 0 Å². The Bertz CT molecular complexity index is 1660. The number of rotatable bonds is 5. The van der Waals surface area contributed by atoms with Crippen LogP contribution in [0.2, 0.25) is 0 Å². The highest BCUT2D eigenvalue weighted by Gasteiger charge is 2.38. The van der Waals surface area contributed by atoms with Gasteiger partial charge < -0.3 is 19.4 Å². The van der Waals surface area contributed by atoms with Crippen molar-refractivity contribution in [2.75, 3.05) is 55.6 Å². The first-order chi connectivity index (χ1) is 21.2. The Morgan fingerprint density at radius 2 is 1.75 bits per heavy atom. The first-order valence-electron chi connectivity index (χ1n) is 15.5. The fraction of sp³-hybridized carbons (Fsp3) is 0.455. The van der Waals surface area contributed by atoms with E-state index in [0.29, 0.717) is 19.1 Å². The third-order valence-corrected chi connectivity index (χ3v) is 8.79. The average Bonchev–Trinajstić information content (AvgIpc) is 3.63. The Hall–Kier alpha value is -4.25. The molecular formula is C33H39FN8O2. The number of ether oxygens (including phenoxy) is 1. The van der Waals surface area contributed by atoms with Crippen LogP contribution in [0, 0.1) is 5.82 Å². The second-order valence-corrected chi connectivity index (χ2v) is 13.0. The molecule has 10 nitrogen and oxygen atoms in total. The highest BCUT2D eigenvalue weighted by Crippen LogP contribution is 2.36. The van der Waals surface area contributed by atoms with Crippen LogP contribution in [0.25, 0.3) is 17.0 Å². The summed E-state index contributed by atoms with van der Waals surface area (Å²) in [5, 5.41) is 5.01. The van der Waals surface area contributed by atoms with Crippen molar-refractivity contribution in [3.63, 3.8) is 0 Å². The molecule has 0 bridgehead atoms. The molecule has 0 radical (unpaired) electrons. The Morgan fingerprint density at radius 1 is 0.955 bits per heavy atom. The second-order valence-electron chi connectivity index (χ2n) is 13.0. The monoisotopic (exact) mass is 598 g/mol. The summed E-state index contributed by atoms with van der Waals surface area (Å²) in [6.07, 6.45) is 3.59. The number of aromatic nitrogens is 4. The lowest BCUT2D eigenvalue weighted by atomic mass is 10.0. The Balaban J connectivity index is 1.03. The molecule has 3 saturated heterocycles. The number of carbonyl (C=O) groups excluding carboxylic acids is 1. The first kappa shape index (κ1) is 28.5. The third kappa shape index (κ3) is 5.68. The van der Waals surface area contributed by atoms with Gasteiger partial charge in [-0.3, -0.25) is 4.90 Å². The summed E-state index contributed by atoms with van der Waals surface area (Å²) in [6, 6.07) is 17.4. The van der Waals surface area contributed by atoms with Gasteiger partial charge in [0, 0.05) is 51.9 Å². The Morgan fingerprint density at radius 3 is 2.52 bits per heavy atom. The van der Waals surface area contributed by atoms with Crippen LogP contribution in [-0.4, -0.2) is 92.9 Å². The number of nitrogens with zero attached hydrogens (tertiary/aromatic N) is 8. The van der Waals surface area contributed by atoms with Crippen LogP contribution in [-0.2, 0) is 4.74 Å². The molecule has 0 saturated carbocycles. The predicted molar refractivity (Wildman–Crippen MR) is 167 cm³/mol. The van der Waals surface area contributed by atoms with Crippen LogP contribution in [0.15, 0.2) is 60.8 Å². The Kier molecular flexibility index (Phi) is 7.36. The van der Waals surface area contributed by atoms with Gasteiger partial charge >= 0.3 is 6.09 Å². The fourth-order valence-corrected chi connectivity index (χ4v) is 6.51. The quantitative estimate of drug-likeness (QED) is 0.317. The van der Waals surface area contributed by atoms with Gasteiger partial charge in [-0.1, -0.05) is 18.2 Å². The maximum Gasteiger partial charge on any atom is 0.410 e. The zero-order valence-corrected chi connectivity index (χ0v) is 25.6. The standard InChI is InChI=1S/C33H39FN8O2/c1-33(2,3)44-32(43)40-21-25(22-40)38-15-17-39(18-16-38)30-11-5-9-26(36-30)28-20-35-29-12-13-31(37-42(28)29)41-14-6-10-27(41)23-7-4-8-24(34)19-23/h4-5,7-9,11-13,19-20,25,27H,6,10,14-18,21-22H2,1-3H3. The lowest BCUT2D eigenvalue weighted by Crippen LogP contribution is -2.64. The molecule has 0 N–H and O–H groups in total.